The molecule has 0 saturated carbocycles. The van der Waals surface area contributed by atoms with E-state index in [0.29, 0.717) is 25.9 Å². The van der Waals surface area contributed by atoms with E-state index in [1.165, 1.54) is 5.56 Å². The third kappa shape index (κ3) is 4.44. The number of nitrogens with zero attached hydrogens (tertiary/aromatic N) is 1. The van der Waals surface area contributed by atoms with Crippen LogP contribution in [0.5, 0.6) is 11.5 Å². The van der Waals surface area contributed by atoms with Crippen LogP contribution in [0, 0.1) is 5.41 Å². The van der Waals surface area contributed by atoms with E-state index in [9.17, 15) is 9.59 Å². The average Bonchev–Trinajstić information content (AvgIpc) is 3.02. The van der Waals surface area contributed by atoms with Gasteiger partial charge in [0.15, 0.2) is 11.5 Å². The monoisotopic (exact) mass is 347 g/mol. The molecule has 0 bridgehead atoms. The lowest BCUT2D eigenvalue weighted by Crippen LogP contribution is -2.46. The fraction of sp³-hybridized carbons (Fsp3) is 0.579. The Morgan fingerprint density at radius 1 is 1.28 bits per heavy atom. The van der Waals surface area contributed by atoms with Gasteiger partial charge < -0.3 is 19.5 Å². The van der Waals surface area contributed by atoms with Gasteiger partial charge >= 0.3 is 5.97 Å². The van der Waals surface area contributed by atoms with E-state index >= 15 is 0 Å². The molecule has 6 heteroatoms. The molecule has 136 valence electrons. The fourth-order valence-corrected chi connectivity index (χ4v) is 3.67. The number of carbonyl (C=O) groups is 2. The number of fused-ring (bicyclic) bond motifs is 1. The first-order valence-electron chi connectivity index (χ1n) is 8.83. The van der Waals surface area contributed by atoms with Crippen LogP contribution in [-0.4, -0.2) is 41.8 Å². The standard InChI is InChI=1S/C19H25NO5/c1-19(11-14-5-6-15-16(10-14)25-13-24-15)8-7-17(21)20(12-19)9-3-2-4-18(22)23/h5-6,10H,2-4,7-9,11-13H2,1H3,(H,22,23)/t19-/m1/s1. The van der Waals surface area contributed by atoms with Crippen molar-refractivity contribution in [3.8, 4) is 11.5 Å². The minimum Gasteiger partial charge on any atom is -0.481 e. The third-order valence-corrected chi connectivity index (χ3v) is 5.00. The molecule has 2 aliphatic heterocycles. The van der Waals surface area contributed by atoms with Crippen molar-refractivity contribution >= 4 is 11.9 Å². The predicted molar refractivity (Wildman–Crippen MR) is 91.7 cm³/mol. The molecule has 1 saturated heterocycles. The first-order valence-corrected chi connectivity index (χ1v) is 8.83. The van der Waals surface area contributed by atoms with E-state index in [1.807, 2.05) is 17.0 Å². The van der Waals surface area contributed by atoms with Gasteiger partial charge in [0.1, 0.15) is 0 Å². The van der Waals surface area contributed by atoms with Gasteiger partial charge in [-0.1, -0.05) is 13.0 Å². The maximum atomic E-state index is 12.2. The van der Waals surface area contributed by atoms with E-state index < -0.39 is 5.97 Å². The van der Waals surface area contributed by atoms with Gasteiger partial charge in [-0.3, -0.25) is 9.59 Å². The highest BCUT2D eigenvalue weighted by atomic mass is 16.7. The number of unbranched alkanes of at least 4 members (excludes halogenated alkanes) is 1. The Morgan fingerprint density at radius 2 is 2.08 bits per heavy atom. The molecule has 1 aromatic carbocycles. The van der Waals surface area contributed by atoms with Crippen molar-refractivity contribution in [1.82, 2.24) is 4.90 Å². The Hall–Kier alpha value is -2.24. The number of hydrogen-bond acceptors (Lipinski definition) is 4. The number of hydrogen-bond donors (Lipinski definition) is 1. The van der Waals surface area contributed by atoms with Crippen LogP contribution >= 0.6 is 0 Å². The van der Waals surface area contributed by atoms with Crippen LogP contribution in [0.2, 0.25) is 0 Å². The van der Waals surface area contributed by atoms with Crippen molar-refractivity contribution in [3.05, 3.63) is 23.8 Å². The van der Waals surface area contributed by atoms with E-state index in [4.69, 9.17) is 14.6 Å². The molecule has 25 heavy (non-hydrogen) atoms. The van der Waals surface area contributed by atoms with Gasteiger partial charge in [0, 0.05) is 25.9 Å². The fourth-order valence-electron chi connectivity index (χ4n) is 3.67. The number of carboxylic acid groups (broad SMARTS) is 1. The zero-order valence-electron chi connectivity index (χ0n) is 14.6. The van der Waals surface area contributed by atoms with Crippen LogP contribution in [0.3, 0.4) is 0 Å². The molecule has 1 N–H and O–H groups in total. The average molecular weight is 347 g/mol. The lowest BCUT2D eigenvalue weighted by atomic mass is 9.76. The number of benzene rings is 1. The molecule has 0 unspecified atom stereocenters. The summed E-state index contributed by atoms with van der Waals surface area (Å²) >= 11 is 0. The molecule has 6 nitrogen and oxygen atoms in total. The second-order valence-corrected chi connectivity index (χ2v) is 7.34. The van der Waals surface area contributed by atoms with Crippen molar-refractivity contribution in [2.24, 2.45) is 5.41 Å². The molecule has 2 heterocycles. The van der Waals surface area contributed by atoms with Crippen molar-refractivity contribution in [1.29, 1.82) is 0 Å². The quantitative estimate of drug-likeness (QED) is 0.768. The van der Waals surface area contributed by atoms with E-state index in [0.717, 1.165) is 30.8 Å². The highest BCUT2D eigenvalue weighted by Crippen LogP contribution is 2.37. The maximum Gasteiger partial charge on any atom is 0.303 e. The molecule has 1 aromatic rings. The molecule has 1 amide bonds. The zero-order valence-corrected chi connectivity index (χ0v) is 14.6. The lowest BCUT2D eigenvalue weighted by molar-refractivity contribution is -0.137. The summed E-state index contributed by atoms with van der Waals surface area (Å²) in [5.74, 6) is 0.974. The van der Waals surface area contributed by atoms with Crippen LogP contribution in [0.4, 0.5) is 0 Å². The number of carbonyl (C=O) groups excluding carboxylic acids is 1. The van der Waals surface area contributed by atoms with Crippen LogP contribution in [0.15, 0.2) is 18.2 Å². The number of ether oxygens (including phenoxy) is 2. The minimum atomic E-state index is -0.780. The van der Waals surface area contributed by atoms with E-state index in [1.54, 1.807) is 0 Å². The SMILES string of the molecule is C[C@]1(Cc2ccc3c(c2)OCO3)CCC(=O)N(CCCCC(=O)O)C1. The lowest BCUT2D eigenvalue weighted by Gasteiger charge is -2.40. The summed E-state index contributed by atoms with van der Waals surface area (Å²) in [7, 11) is 0. The summed E-state index contributed by atoms with van der Waals surface area (Å²) in [6.45, 7) is 3.85. The first kappa shape index (κ1) is 17.6. The normalized spacial score (nSPS) is 22.3. The van der Waals surface area contributed by atoms with Crippen LogP contribution in [0.1, 0.15) is 44.6 Å². The predicted octanol–water partition coefficient (Wildman–Crippen LogP) is 2.84. The number of rotatable bonds is 7. The number of carboxylic acids is 1. The summed E-state index contributed by atoms with van der Waals surface area (Å²) < 4.78 is 10.8. The summed E-state index contributed by atoms with van der Waals surface area (Å²) in [6.07, 6.45) is 3.81. The molecule has 0 aromatic heterocycles. The number of piperidine rings is 1. The van der Waals surface area contributed by atoms with Gasteiger partial charge in [0.05, 0.1) is 0 Å². The smallest absolute Gasteiger partial charge is 0.303 e. The zero-order chi connectivity index (χ0) is 17.9. The van der Waals surface area contributed by atoms with Crippen LogP contribution in [-0.2, 0) is 16.0 Å². The summed E-state index contributed by atoms with van der Waals surface area (Å²) in [5, 5.41) is 8.72. The summed E-state index contributed by atoms with van der Waals surface area (Å²) in [4.78, 5) is 24.7. The van der Waals surface area contributed by atoms with Crippen LogP contribution < -0.4 is 9.47 Å². The number of amides is 1. The van der Waals surface area contributed by atoms with E-state index in [2.05, 4.69) is 13.0 Å². The molecular formula is C19H25NO5. The summed E-state index contributed by atoms with van der Waals surface area (Å²) in [6, 6.07) is 6.03. The molecule has 1 atom stereocenters. The Bertz CT molecular complexity index is 659. The van der Waals surface area contributed by atoms with Crippen molar-refractivity contribution in [3.63, 3.8) is 0 Å². The molecular weight excluding hydrogens is 322 g/mol. The maximum absolute atomic E-state index is 12.2. The summed E-state index contributed by atoms with van der Waals surface area (Å²) in [5.41, 5.74) is 1.21. The Balaban J connectivity index is 1.58. The molecule has 1 fully saturated rings. The van der Waals surface area contributed by atoms with Gasteiger partial charge in [0.25, 0.3) is 0 Å². The Labute approximate surface area is 147 Å². The highest BCUT2D eigenvalue weighted by molar-refractivity contribution is 5.77. The van der Waals surface area contributed by atoms with Gasteiger partial charge in [-0.2, -0.15) is 0 Å². The van der Waals surface area contributed by atoms with Gasteiger partial charge in [-0.15, -0.1) is 0 Å². The Morgan fingerprint density at radius 3 is 2.88 bits per heavy atom. The second kappa shape index (κ2) is 7.33. The number of aliphatic carboxylic acids is 1. The van der Waals surface area contributed by atoms with Crippen molar-refractivity contribution < 1.29 is 24.2 Å². The van der Waals surface area contributed by atoms with Crippen LogP contribution in [0.25, 0.3) is 0 Å². The molecule has 0 aliphatic carbocycles. The number of likely N-dealkylation sites (tertiary alicyclic amines) is 1. The van der Waals surface area contributed by atoms with E-state index in [-0.39, 0.29) is 24.5 Å². The molecule has 2 aliphatic rings. The third-order valence-electron chi connectivity index (χ3n) is 5.00. The molecule has 0 radical (unpaired) electrons. The van der Waals surface area contributed by atoms with Gasteiger partial charge in [-0.05, 0) is 48.8 Å². The highest BCUT2D eigenvalue weighted by Gasteiger charge is 2.35. The second-order valence-electron chi connectivity index (χ2n) is 7.34. The van der Waals surface area contributed by atoms with Crippen molar-refractivity contribution in [2.45, 2.75) is 45.4 Å². The minimum absolute atomic E-state index is 0.0222. The van der Waals surface area contributed by atoms with Crippen molar-refractivity contribution in [2.75, 3.05) is 19.9 Å². The van der Waals surface area contributed by atoms with Gasteiger partial charge in [-0.25, -0.2) is 0 Å². The first-order chi connectivity index (χ1) is 12.0. The Kier molecular flexibility index (Phi) is 5.16. The molecule has 3 rings (SSSR count). The topological polar surface area (TPSA) is 76.1 Å². The van der Waals surface area contributed by atoms with Gasteiger partial charge in [0.2, 0.25) is 12.7 Å². The molecule has 0 spiro atoms. The largest absolute Gasteiger partial charge is 0.481 e.